The van der Waals surface area contributed by atoms with Gasteiger partial charge < -0.3 is 18.6 Å². The molecule has 0 aromatic heterocycles. The van der Waals surface area contributed by atoms with Gasteiger partial charge in [-0.1, -0.05) is 142 Å². The van der Waals surface area contributed by atoms with Crippen molar-refractivity contribution in [2.75, 3.05) is 0 Å². The molecule has 2 aliphatic heterocycles. The molecule has 0 saturated carbocycles. The summed E-state index contributed by atoms with van der Waals surface area (Å²) >= 11 is 0. The maximum absolute atomic E-state index is 12.7. The van der Waals surface area contributed by atoms with Crippen LogP contribution in [-0.2, 0) is 30.0 Å². The summed E-state index contributed by atoms with van der Waals surface area (Å²) in [5.74, 6) is -0.260. The van der Waals surface area contributed by atoms with Crippen molar-refractivity contribution in [3.05, 3.63) is 132 Å². The minimum absolute atomic E-state index is 0.136. The van der Waals surface area contributed by atoms with Crippen molar-refractivity contribution in [1.29, 1.82) is 0 Å². The van der Waals surface area contributed by atoms with Crippen molar-refractivity contribution < 1.29 is 23.4 Å². The summed E-state index contributed by atoms with van der Waals surface area (Å²) in [5.41, 5.74) is 2.01. The highest BCUT2D eigenvalue weighted by Crippen LogP contribution is 2.45. The number of rotatable bonds is 10. The second-order valence-corrected chi connectivity index (χ2v) is 16.4. The lowest BCUT2D eigenvalue weighted by atomic mass is 9.95. The van der Waals surface area contributed by atoms with E-state index in [4.69, 9.17) is 18.6 Å². The lowest BCUT2D eigenvalue weighted by Crippen LogP contribution is -2.67. The molecule has 42 heavy (non-hydrogen) atoms. The Bertz CT molecular complexity index is 1420. The Morgan fingerprint density at radius 3 is 1.86 bits per heavy atom. The summed E-state index contributed by atoms with van der Waals surface area (Å²) in [4.78, 5) is 12.7. The van der Waals surface area contributed by atoms with E-state index in [1.54, 1.807) is 0 Å². The third-order valence-electron chi connectivity index (χ3n) is 8.34. The van der Waals surface area contributed by atoms with Crippen LogP contribution in [-0.4, -0.2) is 38.7 Å². The number of hydrogen-bond donors (Lipinski definition) is 0. The van der Waals surface area contributed by atoms with Gasteiger partial charge >= 0.3 is 5.97 Å². The van der Waals surface area contributed by atoms with Crippen molar-refractivity contribution in [2.45, 2.75) is 69.4 Å². The lowest BCUT2D eigenvalue weighted by Gasteiger charge is -2.47. The van der Waals surface area contributed by atoms with Gasteiger partial charge in [0, 0.05) is 0 Å². The molecule has 0 amide bonds. The van der Waals surface area contributed by atoms with Crippen LogP contribution in [0, 0.1) is 0 Å². The molecule has 2 saturated heterocycles. The van der Waals surface area contributed by atoms with Crippen molar-refractivity contribution in [3.8, 4) is 0 Å². The first kappa shape index (κ1) is 28.6. The zero-order chi connectivity index (χ0) is 29.2. The molecule has 216 valence electrons. The highest BCUT2D eigenvalue weighted by atomic mass is 28.4. The number of epoxide rings is 1. The summed E-state index contributed by atoms with van der Waals surface area (Å²) in [6, 6.07) is 41.5. The molecule has 0 N–H and O–H groups in total. The molecule has 0 aliphatic carbocycles. The van der Waals surface area contributed by atoms with E-state index in [0.29, 0.717) is 6.61 Å². The van der Waals surface area contributed by atoms with Gasteiger partial charge in [-0.2, -0.15) is 0 Å². The number of cyclic esters (lactones) is 1. The molecule has 4 aromatic rings. The first-order valence-corrected chi connectivity index (χ1v) is 16.6. The molecule has 5 atom stereocenters. The van der Waals surface area contributed by atoms with Crippen LogP contribution in [0.2, 0.25) is 5.04 Å². The predicted octanol–water partition coefficient (Wildman–Crippen LogP) is 5.97. The smallest absolute Gasteiger partial charge is 0.309 e. The summed E-state index contributed by atoms with van der Waals surface area (Å²) < 4.78 is 26.6. The summed E-state index contributed by atoms with van der Waals surface area (Å²) in [6.45, 7) is 7.15. The average molecular weight is 579 g/mol. The average Bonchev–Trinajstić information content (AvgIpc) is 3.79. The molecule has 0 bridgehead atoms. The molecule has 4 aromatic carbocycles. The quantitative estimate of drug-likeness (QED) is 0.132. The van der Waals surface area contributed by atoms with E-state index in [1.807, 2.05) is 60.7 Å². The van der Waals surface area contributed by atoms with E-state index >= 15 is 0 Å². The molecule has 0 unspecified atom stereocenters. The Balaban J connectivity index is 1.51. The zero-order valence-corrected chi connectivity index (χ0v) is 25.4. The maximum atomic E-state index is 12.7. The van der Waals surface area contributed by atoms with Gasteiger partial charge in [-0.25, -0.2) is 0 Å². The molecular weight excluding hydrogens is 540 g/mol. The van der Waals surface area contributed by atoms with Gasteiger partial charge in [0.1, 0.15) is 18.3 Å². The van der Waals surface area contributed by atoms with Crippen LogP contribution in [0.1, 0.15) is 44.4 Å². The predicted molar refractivity (Wildman–Crippen MR) is 166 cm³/mol. The van der Waals surface area contributed by atoms with Crippen molar-refractivity contribution in [3.63, 3.8) is 0 Å². The Kier molecular flexibility index (Phi) is 8.14. The maximum Gasteiger partial charge on any atom is 0.309 e. The van der Waals surface area contributed by atoms with Gasteiger partial charge in [0.25, 0.3) is 8.32 Å². The number of hydrogen-bond acceptors (Lipinski definition) is 5. The minimum atomic E-state index is -3.02. The van der Waals surface area contributed by atoms with E-state index in [1.165, 1.54) is 10.4 Å². The van der Waals surface area contributed by atoms with Crippen LogP contribution in [0.5, 0.6) is 0 Å². The van der Waals surface area contributed by atoms with E-state index in [2.05, 4.69) is 81.4 Å². The molecular formula is C36H38O5Si. The van der Waals surface area contributed by atoms with Crippen LogP contribution in [0.4, 0.5) is 0 Å². The first-order valence-electron chi connectivity index (χ1n) is 14.7. The molecule has 6 heteroatoms. The Hall–Kier alpha value is -3.55. The van der Waals surface area contributed by atoms with Crippen molar-refractivity contribution in [1.82, 2.24) is 0 Å². The summed E-state index contributed by atoms with van der Waals surface area (Å²) in [6.07, 6.45) is -1.81. The van der Waals surface area contributed by atoms with E-state index in [9.17, 15) is 4.79 Å². The molecule has 2 fully saturated rings. The molecule has 2 aliphatic rings. The van der Waals surface area contributed by atoms with Gasteiger partial charge in [-0.15, -0.1) is 0 Å². The third kappa shape index (κ3) is 5.72. The number of fused-ring (bicyclic) bond motifs is 1. The number of carbonyl (C=O) groups is 1. The zero-order valence-electron chi connectivity index (χ0n) is 24.4. The summed E-state index contributed by atoms with van der Waals surface area (Å²) in [5, 5.41) is 2.09. The molecule has 2 heterocycles. The van der Waals surface area contributed by atoms with Crippen LogP contribution in [0.25, 0.3) is 0 Å². The van der Waals surface area contributed by atoms with Crippen molar-refractivity contribution in [2.24, 2.45) is 0 Å². The SMILES string of the molecule is CC(C)(C)[Si](O[C@H](c1ccccc1)[C@@H](OCc1ccccc1)[C@@H]1OC(=O)C[C@H]2O[C@@H]12)(c1ccccc1)c1ccccc1. The molecule has 6 rings (SSSR count). The highest BCUT2D eigenvalue weighted by molar-refractivity contribution is 6.99. The van der Waals surface area contributed by atoms with Crippen LogP contribution in [0.3, 0.4) is 0 Å². The summed E-state index contributed by atoms with van der Waals surface area (Å²) in [7, 11) is -3.02. The number of benzene rings is 4. The minimum Gasteiger partial charge on any atom is -0.456 e. The van der Waals surface area contributed by atoms with E-state index in [0.717, 1.165) is 11.1 Å². The third-order valence-corrected chi connectivity index (χ3v) is 13.3. The number of carbonyl (C=O) groups excluding carboxylic acids is 1. The van der Waals surface area contributed by atoms with Crippen LogP contribution in [0.15, 0.2) is 121 Å². The standard InChI is InChI=1S/C36H38O5Si/c1-36(2,3)42(28-20-12-6-13-21-28,29-22-14-7-15-23-29)41-32(27-18-10-5-11-19-27)34(38-25-26-16-8-4-9-17-26)35-33-30(39-33)24-31(37)40-35/h4-23,30,32-35H,24-25H2,1-3H3/t30-,32-,33-,34-,35-/m1/s1. The Morgan fingerprint density at radius 2 is 1.31 bits per heavy atom. The fraction of sp³-hybridized carbons (Fsp3) is 0.306. The molecule has 0 spiro atoms. The fourth-order valence-electron chi connectivity index (χ4n) is 6.27. The van der Waals surface area contributed by atoms with Gasteiger partial charge in [-0.3, -0.25) is 4.79 Å². The lowest BCUT2D eigenvalue weighted by molar-refractivity contribution is -0.171. The van der Waals surface area contributed by atoms with Crippen LogP contribution < -0.4 is 10.4 Å². The Labute approximate surface area is 249 Å². The first-order chi connectivity index (χ1) is 20.4. The monoisotopic (exact) mass is 578 g/mol. The number of ether oxygens (including phenoxy) is 3. The van der Waals surface area contributed by atoms with Gasteiger partial charge in [-0.05, 0) is 26.5 Å². The van der Waals surface area contributed by atoms with Gasteiger partial charge in [0.05, 0.1) is 19.1 Å². The Morgan fingerprint density at radius 1 is 0.786 bits per heavy atom. The van der Waals surface area contributed by atoms with E-state index < -0.39 is 26.6 Å². The second kappa shape index (κ2) is 12.0. The normalized spacial score (nSPS) is 21.6. The van der Waals surface area contributed by atoms with Gasteiger partial charge in [0.2, 0.25) is 0 Å². The van der Waals surface area contributed by atoms with E-state index in [-0.39, 0.29) is 29.6 Å². The topological polar surface area (TPSA) is 57.3 Å². The van der Waals surface area contributed by atoms with Crippen LogP contribution >= 0.6 is 0 Å². The van der Waals surface area contributed by atoms with Crippen molar-refractivity contribution >= 4 is 24.7 Å². The number of esters is 1. The second-order valence-electron chi connectivity index (χ2n) is 12.2. The fourth-order valence-corrected chi connectivity index (χ4v) is 10.9. The molecule has 0 radical (unpaired) electrons. The largest absolute Gasteiger partial charge is 0.456 e. The highest BCUT2D eigenvalue weighted by Gasteiger charge is 2.59. The molecule has 5 nitrogen and oxygen atoms in total. The van der Waals surface area contributed by atoms with Gasteiger partial charge in [0.15, 0.2) is 6.10 Å².